The Labute approximate surface area is 241 Å². The number of nitrogens with zero attached hydrogens (tertiary/aromatic N) is 1. The summed E-state index contributed by atoms with van der Waals surface area (Å²) in [7, 11) is 0. The molecule has 3 amide bonds. The lowest BCUT2D eigenvalue weighted by Gasteiger charge is -2.21. The number of hydrogen-bond acceptors (Lipinski definition) is 9. The van der Waals surface area contributed by atoms with Gasteiger partial charge >= 0.3 is 17.9 Å². The summed E-state index contributed by atoms with van der Waals surface area (Å²) in [5.74, 6) is -5.27. The Balaban J connectivity index is 2.47. The lowest BCUT2D eigenvalue weighted by atomic mass is 10.1. The second-order valence-corrected chi connectivity index (χ2v) is 11.0. The van der Waals surface area contributed by atoms with Crippen molar-refractivity contribution in [1.29, 1.82) is 0 Å². The first-order chi connectivity index (χ1) is 18.7. The number of aliphatic carboxylic acids is 3. The van der Waals surface area contributed by atoms with Gasteiger partial charge in [-0.1, -0.05) is 13.3 Å². The second-order valence-electron chi connectivity index (χ2n) is 9.37. The van der Waals surface area contributed by atoms with Crippen molar-refractivity contribution in [2.24, 2.45) is 5.92 Å². The van der Waals surface area contributed by atoms with Crippen molar-refractivity contribution < 1.29 is 48.9 Å². The molecule has 0 aliphatic carbocycles. The number of hydrogen-bond donors (Lipinski definition) is 6. The molecule has 1 aliphatic heterocycles. The van der Waals surface area contributed by atoms with E-state index in [1.807, 2.05) is 0 Å². The molecule has 6 N–H and O–H groups in total. The molecule has 1 saturated heterocycles. The highest BCUT2D eigenvalue weighted by Crippen LogP contribution is 2.26. The van der Waals surface area contributed by atoms with E-state index in [-0.39, 0.29) is 66.7 Å². The van der Waals surface area contributed by atoms with Crippen molar-refractivity contribution in [2.45, 2.75) is 76.1 Å². The number of nitrogens with one attached hydrogen (secondary N) is 3. The number of unbranched alkanes of at least 4 members (excludes halogenated alkanes) is 2. The van der Waals surface area contributed by atoms with Gasteiger partial charge in [0.25, 0.3) is 0 Å². The smallest absolute Gasteiger partial charge is 0.327 e. The molecule has 0 aromatic rings. The fourth-order valence-electron chi connectivity index (χ4n) is 3.52. The van der Waals surface area contributed by atoms with Gasteiger partial charge in [-0.3, -0.25) is 28.9 Å². The molecule has 4 atom stereocenters. The van der Waals surface area contributed by atoms with Crippen molar-refractivity contribution >= 4 is 70.5 Å². The van der Waals surface area contributed by atoms with Crippen molar-refractivity contribution in [2.75, 3.05) is 18.8 Å². The van der Waals surface area contributed by atoms with Crippen LogP contribution in [0.25, 0.3) is 0 Å². The average molecular weight is 605 g/mol. The van der Waals surface area contributed by atoms with E-state index in [1.54, 1.807) is 6.92 Å². The molecular weight excluding hydrogens is 568 g/mol. The zero-order valence-electron chi connectivity index (χ0n) is 22.3. The van der Waals surface area contributed by atoms with Crippen molar-refractivity contribution in [1.82, 2.24) is 20.9 Å². The standard InChI is InChI=1S/C24H36N4O10S2/c1-13(14(2)29)11-25-18(30)6-4-3-5-9-28-19(31)10-17(21(28)34)40-12-16(23(37)38)27-24(39)26-15(22(35)36)7-8-20(32)33/h13,15-17H,3-12H2,1-2H3,(H,25,30)(H,32,33)(H,35,36)(H,37,38)(H2,26,27,39)/t13-,15-,16-,17?/m0/s1. The first-order valence-corrected chi connectivity index (χ1v) is 14.2. The molecule has 0 aromatic carbocycles. The van der Waals surface area contributed by atoms with E-state index in [0.29, 0.717) is 19.3 Å². The van der Waals surface area contributed by atoms with Crippen LogP contribution in [-0.4, -0.2) is 103 Å². The molecule has 224 valence electrons. The van der Waals surface area contributed by atoms with Gasteiger partial charge in [-0.25, -0.2) is 9.59 Å². The van der Waals surface area contributed by atoms with Gasteiger partial charge in [0.1, 0.15) is 17.9 Å². The van der Waals surface area contributed by atoms with Crippen molar-refractivity contribution in [3.8, 4) is 0 Å². The number of carbonyl (C=O) groups is 7. The summed E-state index contributed by atoms with van der Waals surface area (Å²) in [5.41, 5.74) is 0. The quantitative estimate of drug-likeness (QED) is 0.0649. The number of Topliss-reactive ketones (excluding diaryl/α,β-unsaturated/α-hetero) is 1. The Bertz CT molecular complexity index is 993. The van der Waals surface area contributed by atoms with E-state index < -0.39 is 47.6 Å². The molecule has 14 nitrogen and oxygen atoms in total. The van der Waals surface area contributed by atoms with Crippen LogP contribution in [0.3, 0.4) is 0 Å². The lowest BCUT2D eigenvalue weighted by molar-refractivity contribution is -0.141. The van der Waals surface area contributed by atoms with Gasteiger partial charge in [0.05, 0.1) is 5.25 Å². The van der Waals surface area contributed by atoms with Gasteiger partial charge in [0.2, 0.25) is 17.7 Å². The number of rotatable bonds is 19. The number of thioether (sulfide) groups is 1. The molecular formula is C24H36N4O10S2. The largest absolute Gasteiger partial charge is 0.481 e. The topological polar surface area (TPSA) is 220 Å². The molecule has 16 heteroatoms. The maximum atomic E-state index is 12.7. The summed E-state index contributed by atoms with van der Waals surface area (Å²) in [5, 5.41) is 33.9. The number of amides is 3. The molecule has 0 bridgehead atoms. The van der Waals surface area contributed by atoms with Crippen LogP contribution in [0.15, 0.2) is 0 Å². The van der Waals surface area contributed by atoms with Gasteiger partial charge in [0, 0.05) is 44.0 Å². The van der Waals surface area contributed by atoms with Crippen LogP contribution in [0.2, 0.25) is 0 Å². The zero-order valence-corrected chi connectivity index (χ0v) is 24.0. The molecule has 1 fully saturated rings. The summed E-state index contributed by atoms with van der Waals surface area (Å²) >= 11 is 5.94. The molecule has 0 spiro atoms. The first kappa shape index (κ1) is 34.8. The van der Waals surface area contributed by atoms with Gasteiger partial charge in [0.15, 0.2) is 5.11 Å². The van der Waals surface area contributed by atoms with E-state index >= 15 is 0 Å². The highest BCUT2D eigenvalue weighted by Gasteiger charge is 2.39. The highest BCUT2D eigenvalue weighted by molar-refractivity contribution is 8.00. The van der Waals surface area contributed by atoms with E-state index in [2.05, 4.69) is 16.0 Å². The number of imide groups is 1. The first-order valence-electron chi connectivity index (χ1n) is 12.7. The Hall–Kier alpha value is -3.27. The number of carbonyl (C=O) groups excluding carboxylic acids is 4. The van der Waals surface area contributed by atoms with Crippen molar-refractivity contribution in [3.05, 3.63) is 0 Å². The van der Waals surface area contributed by atoms with E-state index in [0.717, 1.165) is 16.7 Å². The molecule has 0 saturated carbocycles. The van der Waals surface area contributed by atoms with E-state index in [4.69, 9.17) is 17.3 Å². The van der Waals surface area contributed by atoms with Gasteiger partial charge in [-0.15, -0.1) is 11.8 Å². The predicted octanol–water partition coefficient (Wildman–Crippen LogP) is -0.0159. The maximum Gasteiger partial charge on any atom is 0.327 e. The molecule has 0 aromatic heterocycles. The third-order valence-electron chi connectivity index (χ3n) is 6.11. The van der Waals surface area contributed by atoms with Crippen LogP contribution in [0.1, 0.15) is 58.8 Å². The number of thiocarbonyl (C=S) groups is 1. The Morgan fingerprint density at radius 3 is 2.20 bits per heavy atom. The van der Waals surface area contributed by atoms with Crippen LogP contribution in [0.4, 0.5) is 0 Å². The van der Waals surface area contributed by atoms with Crippen LogP contribution < -0.4 is 16.0 Å². The van der Waals surface area contributed by atoms with Gasteiger partial charge in [-0.05, 0) is 38.4 Å². The number of likely N-dealkylation sites (tertiary alicyclic amines) is 1. The fraction of sp³-hybridized carbons (Fsp3) is 0.667. The van der Waals surface area contributed by atoms with Crippen LogP contribution in [0, 0.1) is 5.92 Å². The summed E-state index contributed by atoms with van der Waals surface area (Å²) in [4.78, 5) is 83.0. The average Bonchev–Trinajstić information content (AvgIpc) is 3.13. The number of carboxylic acids is 3. The third-order valence-corrected chi connectivity index (χ3v) is 7.64. The molecule has 0 radical (unpaired) electrons. The number of carboxylic acid groups (broad SMARTS) is 3. The molecule has 40 heavy (non-hydrogen) atoms. The summed E-state index contributed by atoms with van der Waals surface area (Å²) < 4.78 is 0. The van der Waals surface area contributed by atoms with Crippen LogP contribution >= 0.6 is 24.0 Å². The fourth-order valence-corrected chi connectivity index (χ4v) is 4.99. The summed E-state index contributed by atoms with van der Waals surface area (Å²) in [6.45, 7) is 3.65. The van der Waals surface area contributed by atoms with Gasteiger partial charge < -0.3 is 31.3 Å². The van der Waals surface area contributed by atoms with Gasteiger partial charge in [-0.2, -0.15) is 0 Å². The maximum absolute atomic E-state index is 12.7. The van der Waals surface area contributed by atoms with Crippen LogP contribution in [-0.2, 0) is 33.6 Å². The zero-order chi connectivity index (χ0) is 30.4. The van der Waals surface area contributed by atoms with E-state index in [1.165, 1.54) is 6.92 Å². The molecule has 1 heterocycles. The van der Waals surface area contributed by atoms with Crippen molar-refractivity contribution in [3.63, 3.8) is 0 Å². The highest BCUT2D eigenvalue weighted by atomic mass is 32.2. The van der Waals surface area contributed by atoms with E-state index in [9.17, 15) is 43.8 Å². The summed E-state index contributed by atoms with van der Waals surface area (Å²) in [6.07, 6.45) is 1.11. The third kappa shape index (κ3) is 12.7. The predicted molar refractivity (Wildman–Crippen MR) is 147 cm³/mol. The minimum Gasteiger partial charge on any atom is -0.481 e. The summed E-state index contributed by atoms with van der Waals surface area (Å²) in [6, 6.07) is -2.65. The molecule has 1 rings (SSSR count). The second kappa shape index (κ2) is 17.4. The minimum atomic E-state index is -1.36. The normalized spacial score (nSPS) is 17.1. The molecule has 1 aliphatic rings. The van der Waals surface area contributed by atoms with Crippen LogP contribution in [0.5, 0.6) is 0 Å². The monoisotopic (exact) mass is 604 g/mol. The lowest BCUT2D eigenvalue weighted by Crippen LogP contribution is -2.52. The Morgan fingerprint density at radius 2 is 1.62 bits per heavy atom. The molecule has 1 unspecified atom stereocenters. The Morgan fingerprint density at radius 1 is 1.00 bits per heavy atom. The minimum absolute atomic E-state index is 0.00854. The Kier molecular flexibility index (Phi) is 15.1. The SMILES string of the molecule is CC(=O)[C@@H](C)CNC(=O)CCCCCN1C(=O)CC(SC[C@H](NC(=S)N[C@@H](CCC(=O)O)C(=O)O)C(=O)O)C1=O. The number of ketones is 1.